The molecular weight excluding hydrogens is 390 g/mol. The third kappa shape index (κ3) is 3.55. The summed E-state index contributed by atoms with van der Waals surface area (Å²) < 4.78 is 6.24. The number of carbonyl (C=O) groups excluding carboxylic acids is 1. The van der Waals surface area contributed by atoms with E-state index in [2.05, 4.69) is 25.6 Å². The molecule has 0 saturated carbocycles. The third-order valence-corrected chi connectivity index (χ3v) is 5.97. The first kappa shape index (κ1) is 20.0. The van der Waals surface area contributed by atoms with Crippen molar-refractivity contribution in [3.63, 3.8) is 0 Å². The van der Waals surface area contributed by atoms with Crippen LogP contribution in [0.4, 0.5) is 0 Å². The van der Waals surface area contributed by atoms with Crippen LogP contribution in [-0.4, -0.2) is 46.3 Å². The van der Waals surface area contributed by atoms with Crippen LogP contribution in [0.25, 0.3) is 11.2 Å². The molecule has 29 heavy (non-hydrogen) atoms. The smallest absolute Gasteiger partial charge is 0.156 e. The highest BCUT2D eigenvalue weighted by atomic mass is 35.5. The fraction of sp³-hybridized carbons (Fsp3) is 0.381. The van der Waals surface area contributed by atoms with Crippen molar-refractivity contribution in [2.45, 2.75) is 31.1 Å². The normalized spacial score (nSPS) is 20.3. The minimum Gasteiger partial charge on any atom is -0.355 e. The number of nitrogens with two attached hydrogens (primary N) is 1. The molecule has 2 aliphatic rings. The van der Waals surface area contributed by atoms with E-state index in [1.807, 2.05) is 24.4 Å². The van der Waals surface area contributed by atoms with Crippen molar-refractivity contribution in [3.8, 4) is 0 Å². The number of rotatable bonds is 3. The molecule has 1 saturated heterocycles. The number of aldehydes is 1. The molecule has 0 amide bonds. The molecule has 5 rings (SSSR count). The Morgan fingerprint density at radius 1 is 1.31 bits per heavy atom. The molecule has 1 aromatic carbocycles. The van der Waals surface area contributed by atoms with Gasteiger partial charge in [0.05, 0.1) is 5.60 Å². The van der Waals surface area contributed by atoms with E-state index in [1.165, 1.54) is 7.05 Å². The van der Waals surface area contributed by atoms with Crippen molar-refractivity contribution >= 4 is 29.1 Å². The average Bonchev–Trinajstić information content (AvgIpc) is 3.31. The molecule has 7 nitrogen and oxygen atoms in total. The van der Waals surface area contributed by atoms with Crippen LogP contribution in [0, 0.1) is 0 Å². The van der Waals surface area contributed by atoms with Crippen LogP contribution in [0.1, 0.15) is 35.6 Å². The highest BCUT2D eigenvalue weighted by molar-refractivity contribution is 6.30. The van der Waals surface area contributed by atoms with Gasteiger partial charge in [-0.25, -0.2) is 4.98 Å². The van der Waals surface area contributed by atoms with E-state index in [9.17, 15) is 4.79 Å². The summed E-state index contributed by atoms with van der Waals surface area (Å²) in [6.45, 7) is 2.57. The maximum Gasteiger partial charge on any atom is 0.156 e. The largest absolute Gasteiger partial charge is 0.355 e. The molecule has 152 valence electrons. The predicted octanol–water partition coefficient (Wildman–Crippen LogP) is 2.95. The Labute approximate surface area is 174 Å². The number of aromatic amines is 1. The number of benzene rings is 1. The maximum absolute atomic E-state index is 11.5. The second-order valence-electron chi connectivity index (χ2n) is 7.24. The molecule has 4 heterocycles. The number of likely N-dealkylation sites (tertiary alicyclic amines) is 1. The van der Waals surface area contributed by atoms with Gasteiger partial charge in [-0.2, -0.15) is 0 Å². The number of H-pyrrole nitrogens is 1. The molecule has 0 radical (unpaired) electrons. The Balaban J connectivity index is 0.000000994. The van der Waals surface area contributed by atoms with Gasteiger partial charge in [0.15, 0.2) is 11.9 Å². The van der Waals surface area contributed by atoms with E-state index in [-0.39, 0.29) is 0 Å². The summed E-state index contributed by atoms with van der Waals surface area (Å²) in [7, 11) is 1.50. The second kappa shape index (κ2) is 8.20. The first-order valence-electron chi connectivity index (χ1n) is 9.69. The number of hydrogen-bond acceptors (Lipinski definition) is 6. The Morgan fingerprint density at radius 3 is 2.83 bits per heavy atom. The van der Waals surface area contributed by atoms with Gasteiger partial charge in [-0.15, -0.1) is 0 Å². The fourth-order valence-electron chi connectivity index (χ4n) is 4.37. The average molecular weight is 414 g/mol. The lowest BCUT2D eigenvalue weighted by Gasteiger charge is -2.39. The van der Waals surface area contributed by atoms with E-state index < -0.39 is 11.7 Å². The van der Waals surface area contributed by atoms with Gasteiger partial charge in [0.2, 0.25) is 0 Å². The molecule has 0 bridgehead atoms. The molecule has 8 heteroatoms. The lowest BCUT2D eigenvalue weighted by atomic mass is 9.83. The molecule has 1 fully saturated rings. The number of ether oxygens (including phenoxy) is 1. The summed E-state index contributed by atoms with van der Waals surface area (Å²) in [6.07, 6.45) is 7.45. The summed E-state index contributed by atoms with van der Waals surface area (Å²) in [5.74, 6) is 0. The lowest BCUT2D eigenvalue weighted by molar-refractivity contribution is -0.137. The van der Waals surface area contributed by atoms with Gasteiger partial charge in [0, 0.05) is 48.8 Å². The van der Waals surface area contributed by atoms with Crippen molar-refractivity contribution in [1.29, 1.82) is 0 Å². The number of aromatic nitrogens is 3. The lowest BCUT2D eigenvalue weighted by Crippen LogP contribution is -2.42. The SMILES string of the molecule is CN.O=CC1OC2(CCN(Cc3c[nH]c4nccnc34)CC2)c2cc(Cl)ccc21. The van der Waals surface area contributed by atoms with Crippen LogP contribution in [-0.2, 0) is 21.7 Å². The number of carbonyl (C=O) groups is 1. The second-order valence-corrected chi connectivity index (χ2v) is 7.68. The summed E-state index contributed by atoms with van der Waals surface area (Å²) in [5.41, 5.74) is 9.00. The van der Waals surface area contributed by atoms with Crippen LogP contribution in [0.5, 0.6) is 0 Å². The van der Waals surface area contributed by atoms with Crippen LogP contribution < -0.4 is 5.73 Å². The zero-order chi connectivity index (χ0) is 20.4. The highest BCUT2D eigenvalue weighted by Crippen LogP contribution is 2.49. The van der Waals surface area contributed by atoms with E-state index in [0.29, 0.717) is 5.02 Å². The van der Waals surface area contributed by atoms with Gasteiger partial charge in [-0.1, -0.05) is 17.7 Å². The highest BCUT2D eigenvalue weighted by Gasteiger charge is 2.46. The summed E-state index contributed by atoms with van der Waals surface area (Å²) in [4.78, 5) is 25.8. The van der Waals surface area contributed by atoms with Crippen molar-refractivity contribution in [2.24, 2.45) is 5.73 Å². The standard InChI is InChI=1S/C20H19ClN4O2.CH5N/c21-14-1-2-15-16(9-14)20(27-17(15)12-26)3-7-25(8-4-20)11-13-10-24-19-18(13)22-5-6-23-19;1-2/h1-2,5-6,9-10,12,17H,3-4,7-8,11H2,(H,23,24);2H2,1H3. The summed E-state index contributed by atoms with van der Waals surface area (Å²) in [5, 5.41) is 0.683. The first-order valence-corrected chi connectivity index (χ1v) is 10.1. The van der Waals surface area contributed by atoms with Gasteiger partial charge in [0.25, 0.3) is 0 Å². The van der Waals surface area contributed by atoms with E-state index in [0.717, 1.165) is 66.6 Å². The maximum atomic E-state index is 11.5. The summed E-state index contributed by atoms with van der Waals surface area (Å²) >= 11 is 6.23. The molecule has 1 atom stereocenters. The Hall–Kier alpha value is -2.32. The van der Waals surface area contributed by atoms with Crippen molar-refractivity contribution in [2.75, 3.05) is 20.1 Å². The molecule has 3 aromatic rings. The molecule has 0 aliphatic carbocycles. The minimum atomic E-state index is -0.493. The quantitative estimate of drug-likeness (QED) is 0.641. The zero-order valence-electron chi connectivity index (χ0n) is 16.3. The van der Waals surface area contributed by atoms with Crippen LogP contribution in [0.3, 0.4) is 0 Å². The topological polar surface area (TPSA) is 97.1 Å². The van der Waals surface area contributed by atoms with Crippen molar-refractivity contribution in [3.05, 3.63) is 58.5 Å². The predicted molar refractivity (Wildman–Crippen MR) is 112 cm³/mol. The van der Waals surface area contributed by atoms with Crippen LogP contribution >= 0.6 is 11.6 Å². The monoisotopic (exact) mass is 413 g/mol. The van der Waals surface area contributed by atoms with Gasteiger partial charge in [-0.05, 0) is 43.1 Å². The van der Waals surface area contributed by atoms with E-state index in [1.54, 1.807) is 12.4 Å². The minimum absolute atomic E-state index is 0.414. The number of hydrogen-bond donors (Lipinski definition) is 2. The Morgan fingerprint density at radius 2 is 2.07 bits per heavy atom. The molecular formula is C21H24ClN5O2. The van der Waals surface area contributed by atoms with Gasteiger partial charge in [-0.3, -0.25) is 9.88 Å². The number of piperidine rings is 1. The molecule has 2 aromatic heterocycles. The fourth-order valence-corrected chi connectivity index (χ4v) is 4.54. The van der Waals surface area contributed by atoms with Crippen LogP contribution in [0.2, 0.25) is 5.02 Å². The Kier molecular flexibility index (Phi) is 5.65. The Bertz CT molecular complexity index is 1010. The van der Waals surface area contributed by atoms with Gasteiger partial charge < -0.3 is 20.2 Å². The number of nitrogens with one attached hydrogen (secondary N) is 1. The van der Waals surface area contributed by atoms with Crippen molar-refractivity contribution < 1.29 is 9.53 Å². The molecule has 1 unspecified atom stereocenters. The molecule has 3 N–H and O–H groups in total. The zero-order valence-corrected chi connectivity index (χ0v) is 17.0. The van der Waals surface area contributed by atoms with Crippen LogP contribution in [0.15, 0.2) is 36.8 Å². The first-order chi connectivity index (χ1) is 14.2. The number of nitrogens with zero attached hydrogens (tertiary/aromatic N) is 3. The molecule has 2 aliphatic heterocycles. The summed E-state index contributed by atoms with van der Waals surface area (Å²) in [6, 6.07) is 5.71. The van der Waals surface area contributed by atoms with Gasteiger partial charge >= 0.3 is 0 Å². The third-order valence-electron chi connectivity index (χ3n) is 5.73. The number of fused-ring (bicyclic) bond motifs is 3. The van der Waals surface area contributed by atoms with E-state index >= 15 is 0 Å². The van der Waals surface area contributed by atoms with Gasteiger partial charge in [0.1, 0.15) is 11.6 Å². The number of halogens is 1. The molecule has 1 spiro atoms. The van der Waals surface area contributed by atoms with E-state index in [4.69, 9.17) is 16.3 Å². The van der Waals surface area contributed by atoms with Crippen molar-refractivity contribution in [1.82, 2.24) is 19.9 Å².